The van der Waals surface area contributed by atoms with E-state index in [1.807, 2.05) is 26.8 Å². The molecule has 0 unspecified atom stereocenters. The fourth-order valence-electron chi connectivity index (χ4n) is 1.94. The van der Waals surface area contributed by atoms with Crippen LogP contribution in [0.5, 0.6) is 0 Å². The summed E-state index contributed by atoms with van der Waals surface area (Å²) in [6, 6.07) is 1.91. The van der Waals surface area contributed by atoms with Gasteiger partial charge < -0.3 is 0 Å². The highest BCUT2D eigenvalue weighted by atomic mass is 32.1. The predicted octanol–water partition coefficient (Wildman–Crippen LogP) is 1.47. The zero-order chi connectivity index (χ0) is 12.9. The van der Waals surface area contributed by atoms with Gasteiger partial charge in [-0.15, -0.1) is 10.2 Å². The SMILES string of the molecule is Cc1cc(C)n2[nH]c(=O)c(-c3nnc(C)s3)c2n1. The van der Waals surface area contributed by atoms with E-state index in [1.54, 1.807) is 4.52 Å². The van der Waals surface area contributed by atoms with Gasteiger partial charge in [0.15, 0.2) is 10.7 Å². The molecule has 7 heteroatoms. The minimum Gasteiger partial charge on any atom is -0.267 e. The van der Waals surface area contributed by atoms with Crippen LogP contribution in [0.4, 0.5) is 0 Å². The van der Waals surface area contributed by atoms with E-state index in [0.29, 0.717) is 16.2 Å². The smallest absolute Gasteiger partial charge is 0.267 e. The lowest BCUT2D eigenvalue weighted by Gasteiger charge is -2.01. The molecule has 0 aliphatic carbocycles. The highest BCUT2D eigenvalue weighted by Gasteiger charge is 2.17. The molecule has 92 valence electrons. The molecule has 3 aromatic heterocycles. The third-order valence-corrected chi connectivity index (χ3v) is 3.52. The number of nitrogens with zero attached hydrogens (tertiary/aromatic N) is 4. The topological polar surface area (TPSA) is 75.9 Å². The number of H-pyrrole nitrogens is 1. The van der Waals surface area contributed by atoms with Gasteiger partial charge in [-0.25, -0.2) is 9.50 Å². The van der Waals surface area contributed by atoms with E-state index in [1.165, 1.54) is 11.3 Å². The van der Waals surface area contributed by atoms with E-state index >= 15 is 0 Å². The maximum absolute atomic E-state index is 12.0. The minimum absolute atomic E-state index is 0.188. The first kappa shape index (κ1) is 11.1. The highest BCUT2D eigenvalue weighted by Crippen LogP contribution is 2.23. The van der Waals surface area contributed by atoms with Crippen LogP contribution in [0.2, 0.25) is 0 Å². The average Bonchev–Trinajstić information content (AvgIpc) is 2.82. The van der Waals surface area contributed by atoms with Gasteiger partial charge >= 0.3 is 0 Å². The van der Waals surface area contributed by atoms with Crippen LogP contribution in [0, 0.1) is 20.8 Å². The van der Waals surface area contributed by atoms with Crippen molar-refractivity contribution in [2.24, 2.45) is 0 Å². The maximum atomic E-state index is 12.0. The summed E-state index contributed by atoms with van der Waals surface area (Å²) >= 11 is 1.39. The van der Waals surface area contributed by atoms with Crippen molar-refractivity contribution in [3.05, 3.63) is 32.8 Å². The Labute approximate surface area is 106 Å². The molecule has 0 amide bonds. The second-order valence-corrected chi connectivity index (χ2v) is 5.32. The zero-order valence-corrected chi connectivity index (χ0v) is 11.0. The zero-order valence-electron chi connectivity index (χ0n) is 10.2. The molecule has 1 N–H and O–H groups in total. The summed E-state index contributed by atoms with van der Waals surface area (Å²) in [7, 11) is 0. The molecule has 0 aromatic carbocycles. The lowest BCUT2D eigenvalue weighted by molar-refractivity contribution is 0.871. The van der Waals surface area contributed by atoms with E-state index in [4.69, 9.17) is 0 Å². The van der Waals surface area contributed by atoms with Crippen LogP contribution in [-0.4, -0.2) is 24.8 Å². The predicted molar refractivity (Wildman–Crippen MR) is 68.9 cm³/mol. The number of aromatic amines is 1. The molecule has 3 heterocycles. The van der Waals surface area contributed by atoms with Crippen molar-refractivity contribution in [2.75, 3.05) is 0 Å². The fourth-order valence-corrected chi connectivity index (χ4v) is 2.67. The number of hydrogen-bond donors (Lipinski definition) is 1. The van der Waals surface area contributed by atoms with Crippen LogP contribution in [-0.2, 0) is 0 Å². The second-order valence-electron chi connectivity index (χ2n) is 4.14. The van der Waals surface area contributed by atoms with Crippen LogP contribution in [0.15, 0.2) is 10.9 Å². The van der Waals surface area contributed by atoms with Gasteiger partial charge in [0.05, 0.1) is 0 Å². The van der Waals surface area contributed by atoms with E-state index in [-0.39, 0.29) is 5.56 Å². The molecule has 0 atom stereocenters. The number of fused-ring (bicyclic) bond motifs is 1. The maximum Gasteiger partial charge on any atom is 0.277 e. The minimum atomic E-state index is -0.188. The Bertz CT molecular complexity index is 797. The molecule has 0 spiro atoms. The lowest BCUT2D eigenvalue weighted by Crippen LogP contribution is -2.03. The molecule has 0 radical (unpaired) electrons. The summed E-state index contributed by atoms with van der Waals surface area (Å²) in [6.45, 7) is 5.68. The van der Waals surface area contributed by atoms with Crippen molar-refractivity contribution in [3.8, 4) is 10.6 Å². The van der Waals surface area contributed by atoms with E-state index in [0.717, 1.165) is 16.4 Å². The second kappa shape index (κ2) is 3.74. The first-order chi connectivity index (χ1) is 8.56. The third kappa shape index (κ3) is 1.55. The Morgan fingerprint density at radius 1 is 1.28 bits per heavy atom. The largest absolute Gasteiger partial charge is 0.277 e. The Hall–Kier alpha value is -2.02. The molecule has 6 nitrogen and oxygen atoms in total. The highest BCUT2D eigenvalue weighted by molar-refractivity contribution is 7.14. The Kier molecular flexibility index (Phi) is 2.30. The Balaban J connectivity index is 2.42. The number of hydrogen-bond acceptors (Lipinski definition) is 5. The number of rotatable bonds is 1. The molecular weight excluding hydrogens is 250 g/mol. The van der Waals surface area contributed by atoms with Gasteiger partial charge in [0.2, 0.25) is 0 Å². The number of aromatic nitrogens is 5. The Morgan fingerprint density at radius 3 is 2.72 bits per heavy atom. The summed E-state index contributed by atoms with van der Waals surface area (Å²) in [6.07, 6.45) is 0. The molecule has 3 rings (SSSR count). The molecule has 0 saturated heterocycles. The Morgan fingerprint density at radius 2 is 2.06 bits per heavy atom. The first-order valence-electron chi connectivity index (χ1n) is 5.45. The van der Waals surface area contributed by atoms with Crippen molar-refractivity contribution in [3.63, 3.8) is 0 Å². The van der Waals surface area contributed by atoms with Crippen LogP contribution >= 0.6 is 11.3 Å². The fraction of sp³-hybridized carbons (Fsp3) is 0.273. The van der Waals surface area contributed by atoms with Gasteiger partial charge in [-0.3, -0.25) is 9.89 Å². The normalized spacial score (nSPS) is 11.3. The van der Waals surface area contributed by atoms with Gasteiger partial charge in [0, 0.05) is 11.4 Å². The van der Waals surface area contributed by atoms with Gasteiger partial charge in [0.25, 0.3) is 5.56 Å². The quantitative estimate of drug-likeness (QED) is 0.719. The van der Waals surface area contributed by atoms with E-state index in [2.05, 4.69) is 20.3 Å². The molecular formula is C11H11N5OS. The number of aryl methyl sites for hydroxylation is 3. The molecule has 0 aliphatic rings. The molecule has 0 fully saturated rings. The van der Waals surface area contributed by atoms with Crippen molar-refractivity contribution >= 4 is 17.0 Å². The summed E-state index contributed by atoms with van der Waals surface area (Å²) in [5.74, 6) is 0. The van der Waals surface area contributed by atoms with Crippen molar-refractivity contribution < 1.29 is 0 Å². The molecule has 0 saturated carbocycles. The van der Waals surface area contributed by atoms with E-state index in [9.17, 15) is 4.79 Å². The summed E-state index contributed by atoms with van der Waals surface area (Å²) in [5.41, 5.74) is 2.71. The van der Waals surface area contributed by atoms with Crippen LogP contribution < -0.4 is 5.56 Å². The van der Waals surface area contributed by atoms with Gasteiger partial charge in [-0.05, 0) is 26.8 Å². The third-order valence-electron chi connectivity index (χ3n) is 2.67. The van der Waals surface area contributed by atoms with E-state index < -0.39 is 0 Å². The number of nitrogens with one attached hydrogen (secondary N) is 1. The van der Waals surface area contributed by atoms with Crippen LogP contribution in [0.1, 0.15) is 16.4 Å². The standard InChI is InChI=1S/C11H11N5OS/c1-5-4-6(2)16-9(12-5)8(10(17)15-16)11-14-13-7(3)18-11/h4H,1-3H3,(H,15,17). The summed E-state index contributed by atoms with van der Waals surface area (Å²) in [4.78, 5) is 16.4. The van der Waals surface area contributed by atoms with Gasteiger partial charge in [0.1, 0.15) is 10.6 Å². The lowest BCUT2D eigenvalue weighted by atomic mass is 10.3. The van der Waals surface area contributed by atoms with Crippen LogP contribution in [0.25, 0.3) is 16.2 Å². The van der Waals surface area contributed by atoms with Crippen molar-refractivity contribution in [1.29, 1.82) is 0 Å². The molecule has 3 aromatic rings. The summed E-state index contributed by atoms with van der Waals surface area (Å²) in [5, 5.41) is 12.2. The summed E-state index contributed by atoms with van der Waals surface area (Å²) < 4.78 is 1.68. The monoisotopic (exact) mass is 261 g/mol. The van der Waals surface area contributed by atoms with Crippen LogP contribution in [0.3, 0.4) is 0 Å². The average molecular weight is 261 g/mol. The van der Waals surface area contributed by atoms with Crippen molar-refractivity contribution in [2.45, 2.75) is 20.8 Å². The van der Waals surface area contributed by atoms with Crippen molar-refractivity contribution in [1.82, 2.24) is 24.8 Å². The van der Waals surface area contributed by atoms with Gasteiger partial charge in [-0.1, -0.05) is 11.3 Å². The molecule has 0 bridgehead atoms. The molecule has 18 heavy (non-hydrogen) atoms. The molecule has 0 aliphatic heterocycles. The van der Waals surface area contributed by atoms with Gasteiger partial charge in [-0.2, -0.15) is 0 Å². The first-order valence-corrected chi connectivity index (χ1v) is 6.27.